The topological polar surface area (TPSA) is 106 Å². The lowest BCUT2D eigenvalue weighted by Crippen LogP contribution is -2.20. The van der Waals surface area contributed by atoms with Crippen molar-refractivity contribution < 1.29 is 9.90 Å². The standard InChI is InChI=1S/C17H14BrCl2N5O2/c1-8-5-9(19)6-10(15(21)26)14(8)23-17(27)12-7-13(18)24-25(12)16-11(20)3-2-4-22-16/h2-7,17,23,27H,1H3,(H2,21,26). The minimum atomic E-state index is -1.24. The maximum atomic E-state index is 11.8. The summed E-state index contributed by atoms with van der Waals surface area (Å²) in [5.41, 5.74) is 6.98. The van der Waals surface area contributed by atoms with Gasteiger partial charge < -0.3 is 16.2 Å². The Kier molecular flexibility index (Phi) is 5.71. The molecule has 1 amide bonds. The van der Waals surface area contributed by atoms with Crippen LogP contribution in [0.15, 0.2) is 41.1 Å². The number of hydrogen-bond acceptors (Lipinski definition) is 5. The molecule has 3 aromatic rings. The smallest absolute Gasteiger partial charge is 0.250 e. The summed E-state index contributed by atoms with van der Waals surface area (Å²) < 4.78 is 1.88. The number of amides is 1. The van der Waals surface area contributed by atoms with E-state index in [1.54, 1.807) is 37.4 Å². The van der Waals surface area contributed by atoms with Gasteiger partial charge in [0, 0.05) is 11.2 Å². The molecular formula is C17H14BrCl2N5O2. The quantitative estimate of drug-likeness (QED) is 0.491. The van der Waals surface area contributed by atoms with E-state index in [2.05, 4.69) is 31.3 Å². The van der Waals surface area contributed by atoms with Crippen LogP contribution in [-0.2, 0) is 0 Å². The van der Waals surface area contributed by atoms with E-state index in [-0.39, 0.29) is 5.56 Å². The van der Waals surface area contributed by atoms with Crippen LogP contribution < -0.4 is 11.1 Å². The summed E-state index contributed by atoms with van der Waals surface area (Å²) in [6.07, 6.45) is 0.328. The predicted octanol–water partition coefficient (Wildman–Crippen LogP) is 3.85. The lowest BCUT2D eigenvalue weighted by molar-refractivity contribution is 0.100. The second-order valence-corrected chi connectivity index (χ2v) is 7.33. The summed E-state index contributed by atoms with van der Waals surface area (Å²) in [5.74, 6) is -0.318. The fourth-order valence-corrected chi connectivity index (χ4v) is 3.47. The summed E-state index contributed by atoms with van der Waals surface area (Å²) in [4.78, 5) is 16.0. The van der Waals surface area contributed by atoms with Crippen LogP contribution in [0.5, 0.6) is 0 Å². The number of halogens is 3. The summed E-state index contributed by atoms with van der Waals surface area (Å²) in [7, 11) is 0. The van der Waals surface area contributed by atoms with Gasteiger partial charge in [0.05, 0.1) is 22.0 Å². The molecule has 0 bridgehead atoms. The van der Waals surface area contributed by atoms with Crippen LogP contribution in [0.2, 0.25) is 10.0 Å². The Morgan fingerprint density at radius 1 is 1.37 bits per heavy atom. The molecule has 3 rings (SSSR count). The number of rotatable bonds is 5. The number of aliphatic hydroxyl groups excluding tert-OH is 1. The molecule has 27 heavy (non-hydrogen) atoms. The van der Waals surface area contributed by atoms with E-state index in [1.807, 2.05) is 0 Å². The Hall–Kier alpha value is -2.13. The lowest BCUT2D eigenvalue weighted by Gasteiger charge is -2.19. The van der Waals surface area contributed by atoms with Gasteiger partial charge in [-0.2, -0.15) is 5.10 Å². The van der Waals surface area contributed by atoms with Crippen molar-refractivity contribution in [1.29, 1.82) is 0 Å². The van der Waals surface area contributed by atoms with Crippen molar-refractivity contribution in [3.8, 4) is 5.82 Å². The molecule has 0 fully saturated rings. The fraction of sp³-hybridized carbons (Fsp3) is 0.118. The van der Waals surface area contributed by atoms with Gasteiger partial charge in [-0.05, 0) is 58.7 Å². The number of nitrogens with one attached hydrogen (secondary N) is 1. The average molecular weight is 471 g/mol. The SMILES string of the molecule is Cc1cc(Cl)cc(C(N)=O)c1NC(O)c1cc(Br)nn1-c1ncccc1Cl. The van der Waals surface area contributed by atoms with Gasteiger partial charge in [0.2, 0.25) is 0 Å². The molecule has 1 aromatic carbocycles. The maximum absolute atomic E-state index is 11.8. The number of hydrogen-bond donors (Lipinski definition) is 3. The average Bonchev–Trinajstić information content (AvgIpc) is 2.99. The zero-order valence-corrected chi connectivity index (χ0v) is 17.0. The molecule has 140 valence electrons. The first-order valence-corrected chi connectivity index (χ1v) is 9.23. The molecule has 0 aliphatic heterocycles. The fourth-order valence-electron chi connectivity index (χ4n) is 2.60. The van der Waals surface area contributed by atoms with E-state index in [0.29, 0.717) is 37.4 Å². The van der Waals surface area contributed by atoms with Crippen LogP contribution in [-0.4, -0.2) is 25.8 Å². The highest BCUT2D eigenvalue weighted by atomic mass is 79.9. The highest BCUT2D eigenvalue weighted by Crippen LogP contribution is 2.30. The summed E-state index contributed by atoms with van der Waals surface area (Å²) in [6.45, 7) is 1.75. The number of aliphatic hydroxyl groups is 1. The molecule has 2 aromatic heterocycles. The number of carbonyl (C=O) groups is 1. The van der Waals surface area contributed by atoms with Crippen molar-refractivity contribution >= 4 is 50.7 Å². The molecule has 0 saturated carbocycles. The number of nitrogens with two attached hydrogens (primary N) is 1. The third-order valence-corrected chi connectivity index (χ3v) is 4.67. The molecule has 1 unspecified atom stereocenters. The van der Waals surface area contributed by atoms with Crippen molar-refractivity contribution in [3.05, 3.63) is 68.0 Å². The molecule has 0 radical (unpaired) electrons. The van der Waals surface area contributed by atoms with Crippen LogP contribution in [0.1, 0.15) is 27.8 Å². The number of nitrogens with zero attached hydrogens (tertiary/aromatic N) is 3. The molecule has 0 saturated heterocycles. The van der Waals surface area contributed by atoms with Gasteiger partial charge in [0.1, 0.15) is 4.60 Å². The molecule has 4 N–H and O–H groups in total. The van der Waals surface area contributed by atoms with Crippen LogP contribution in [0, 0.1) is 6.92 Å². The van der Waals surface area contributed by atoms with Gasteiger partial charge in [0.25, 0.3) is 5.91 Å². The number of carbonyl (C=O) groups excluding carboxylic acids is 1. The van der Waals surface area contributed by atoms with E-state index in [9.17, 15) is 9.90 Å². The summed E-state index contributed by atoms with van der Waals surface area (Å²) in [5, 5.41) is 18.7. The van der Waals surface area contributed by atoms with Crippen molar-refractivity contribution in [3.63, 3.8) is 0 Å². The van der Waals surface area contributed by atoms with Crippen LogP contribution >= 0.6 is 39.1 Å². The molecule has 10 heteroatoms. The van der Waals surface area contributed by atoms with Crippen LogP contribution in [0.3, 0.4) is 0 Å². The Bertz CT molecular complexity index is 1020. The maximum Gasteiger partial charge on any atom is 0.250 e. The normalized spacial score (nSPS) is 12.0. The molecule has 0 aliphatic carbocycles. The third-order valence-electron chi connectivity index (χ3n) is 3.77. The number of primary amides is 1. The van der Waals surface area contributed by atoms with E-state index in [1.165, 1.54) is 10.7 Å². The molecule has 2 heterocycles. The minimum Gasteiger partial charge on any atom is -0.368 e. The lowest BCUT2D eigenvalue weighted by atomic mass is 10.1. The highest BCUT2D eigenvalue weighted by Gasteiger charge is 2.22. The number of aromatic nitrogens is 3. The van der Waals surface area contributed by atoms with Gasteiger partial charge in [0.15, 0.2) is 12.0 Å². The second kappa shape index (κ2) is 7.85. The molecule has 0 aliphatic rings. The second-order valence-electron chi connectivity index (χ2n) is 5.67. The molecule has 7 nitrogen and oxygen atoms in total. The van der Waals surface area contributed by atoms with Gasteiger partial charge in [-0.1, -0.05) is 23.2 Å². The highest BCUT2D eigenvalue weighted by molar-refractivity contribution is 9.10. The zero-order chi connectivity index (χ0) is 19.7. The summed E-state index contributed by atoms with van der Waals surface area (Å²) in [6, 6.07) is 8.06. The Morgan fingerprint density at radius 3 is 2.78 bits per heavy atom. The Labute approximate surface area is 173 Å². The predicted molar refractivity (Wildman–Crippen MR) is 107 cm³/mol. The first-order valence-electron chi connectivity index (χ1n) is 7.69. The van der Waals surface area contributed by atoms with Crippen molar-refractivity contribution in [2.45, 2.75) is 13.2 Å². The third kappa shape index (κ3) is 4.08. The largest absolute Gasteiger partial charge is 0.368 e. The molecule has 1 atom stereocenters. The van der Waals surface area contributed by atoms with Crippen LogP contribution in [0.25, 0.3) is 5.82 Å². The Balaban J connectivity index is 2.03. The van der Waals surface area contributed by atoms with E-state index in [0.717, 1.165) is 0 Å². The van der Waals surface area contributed by atoms with Gasteiger partial charge in [-0.15, -0.1) is 0 Å². The molecular weight excluding hydrogens is 457 g/mol. The van der Waals surface area contributed by atoms with Crippen molar-refractivity contribution in [2.24, 2.45) is 5.73 Å². The van der Waals surface area contributed by atoms with E-state index >= 15 is 0 Å². The van der Waals surface area contributed by atoms with E-state index in [4.69, 9.17) is 28.9 Å². The summed E-state index contributed by atoms with van der Waals surface area (Å²) >= 11 is 15.5. The van der Waals surface area contributed by atoms with Gasteiger partial charge >= 0.3 is 0 Å². The van der Waals surface area contributed by atoms with Gasteiger partial charge in [-0.3, -0.25) is 4.79 Å². The monoisotopic (exact) mass is 469 g/mol. The first-order chi connectivity index (χ1) is 12.8. The van der Waals surface area contributed by atoms with Crippen molar-refractivity contribution in [1.82, 2.24) is 14.8 Å². The molecule has 0 spiro atoms. The number of benzene rings is 1. The minimum absolute atomic E-state index is 0.167. The first kappa shape index (κ1) is 19.6. The zero-order valence-electron chi connectivity index (χ0n) is 13.9. The van der Waals surface area contributed by atoms with E-state index < -0.39 is 12.1 Å². The van der Waals surface area contributed by atoms with Crippen molar-refractivity contribution in [2.75, 3.05) is 5.32 Å². The van der Waals surface area contributed by atoms with Crippen LogP contribution in [0.4, 0.5) is 5.69 Å². The Morgan fingerprint density at radius 2 is 2.11 bits per heavy atom. The number of aryl methyl sites for hydroxylation is 1. The number of pyridine rings is 1. The number of anilines is 1. The van der Waals surface area contributed by atoms with Gasteiger partial charge in [-0.25, -0.2) is 9.67 Å².